The van der Waals surface area contributed by atoms with Crippen molar-refractivity contribution in [2.45, 2.75) is 75.6 Å². The molecule has 0 bridgehead atoms. The van der Waals surface area contributed by atoms with Crippen LogP contribution in [0.4, 0.5) is 0 Å². The van der Waals surface area contributed by atoms with Crippen LogP contribution in [0.2, 0.25) is 5.15 Å². The number of hydrogen-bond donors (Lipinski definition) is 1. The van der Waals surface area contributed by atoms with Crippen molar-refractivity contribution >= 4 is 34.5 Å². The van der Waals surface area contributed by atoms with Crippen molar-refractivity contribution < 1.29 is 14.6 Å². The van der Waals surface area contributed by atoms with E-state index < -0.39 is 5.79 Å². The molecule has 3 heterocycles. The van der Waals surface area contributed by atoms with E-state index >= 15 is 0 Å². The zero-order valence-electron chi connectivity index (χ0n) is 16.3. The highest BCUT2D eigenvalue weighted by Crippen LogP contribution is 2.47. The van der Waals surface area contributed by atoms with Crippen LogP contribution in [0.25, 0.3) is 11.2 Å². The lowest BCUT2D eigenvalue weighted by atomic mass is 10.1. The molecule has 2 aliphatic rings. The van der Waals surface area contributed by atoms with Gasteiger partial charge in [0.05, 0.1) is 12.1 Å². The molecule has 2 fully saturated rings. The minimum Gasteiger partial charge on any atom is -0.396 e. The molecule has 1 saturated heterocycles. The Labute approximate surface area is 173 Å². The lowest BCUT2D eigenvalue weighted by Gasteiger charge is -2.23. The number of ether oxygens (including phenoxy) is 2. The first kappa shape index (κ1) is 20.3. The molecule has 8 nitrogen and oxygen atoms in total. The van der Waals surface area contributed by atoms with Gasteiger partial charge in [0.15, 0.2) is 27.3 Å². The summed E-state index contributed by atoms with van der Waals surface area (Å²) >= 11 is 7.96. The van der Waals surface area contributed by atoms with Crippen LogP contribution in [0, 0.1) is 5.92 Å². The van der Waals surface area contributed by atoms with Crippen LogP contribution < -0.4 is 0 Å². The average Bonchev–Trinajstić information content (AvgIpc) is 3.29. The van der Waals surface area contributed by atoms with Crippen molar-refractivity contribution in [3.8, 4) is 0 Å². The third kappa shape index (κ3) is 3.75. The van der Waals surface area contributed by atoms with Gasteiger partial charge in [-0.1, -0.05) is 48.3 Å². The van der Waals surface area contributed by atoms with Crippen LogP contribution >= 0.6 is 23.4 Å². The zero-order valence-corrected chi connectivity index (χ0v) is 17.9. The van der Waals surface area contributed by atoms with E-state index in [1.54, 1.807) is 16.4 Å². The van der Waals surface area contributed by atoms with Gasteiger partial charge in [0.2, 0.25) is 0 Å². The van der Waals surface area contributed by atoms with Crippen LogP contribution in [0.5, 0.6) is 0 Å². The molecule has 0 spiro atoms. The molecule has 1 aliphatic heterocycles. The molecule has 2 aromatic rings. The summed E-state index contributed by atoms with van der Waals surface area (Å²) in [6.07, 6.45) is 3.76. The number of unbranched alkanes of at least 4 members (excludes halogenated alkanes) is 2. The number of halogens is 1. The molecule has 1 saturated carbocycles. The molecule has 2 aromatic heterocycles. The summed E-state index contributed by atoms with van der Waals surface area (Å²) in [5, 5.41) is 19.3. The largest absolute Gasteiger partial charge is 0.396 e. The summed E-state index contributed by atoms with van der Waals surface area (Å²) in [5.41, 5.74) is 1.09. The normalized spacial score (nSPS) is 28.9. The Hall–Kier alpha value is -1.00. The second-order valence-electron chi connectivity index (χ2n) is 7.87. The molecule has 4 atom stereocenters. The Kier molecular flexibility index (Phi) is 5.81. The number of hydrogen-bond acceptors (Lipinski definition) is 8. The summed E-state index contributed by atoms with van der Waals surface area (Å²) < 4.78 is 13.9. The first-order valence-electron chi connectivity index (χ1n) is 9.81. The third-order valence-electron chi connectivity index (χ3n) is 5.34. The summed E-state index contributed by atoms with van der Waals surface area (Å²) in [5.74, 6) is 0.240. The number of fused-ring (bicyclic) bond motifs is 2. The minimum absolute atomic E-state index is 0.0174. The van der Waals surface area contributed by atoms with E-state index in [0.717, 1.165) is 12.2 Å². The average molecular weight is 428 g/mol. The molecule has 0 aromatic carbocycles. The van der Waals surface area contributed by atoms with Gasteiger partial charge < -0.3 is 14.6 Å². The Morgan fingerprint density at radius 1 is 1.25 bits per heavy atom. The third-order valence-corrected chi connectivity index (χ3v) is 6.54. The maximum Gasteiger partial charge on any atom is 0.191 e. The monoisotopic (exact) mass is 427 g/mol. The Morgan fingerprint density at radius 3 is 2.79 bits per heavy atom. The van der Waals surface area contributed by atoms with Crippen molar-refractivity contribution in [1.82, 2.24) is 25.0 Å². The smallest absolute Gasteiger partial charge is 0.191 e. The van der Waals surface area contributed by atoms with Gasteiger partial charge in [-0.3, -0.25) is 0 Å². The standard InChI is InChI=1S/C18H26ClN5O3S/c1-4-5-6-7-28-17-20-15(19)12-16(21-17)24(23-22-12)11-8-10(9-25)13-14(11)27-18(2,3)26-13/h10-11,13-14,25H,4-9H2,1-3H3. The summed E-state index contributed by atoms with van der Waals surface area (Å²) in [7, 11) is 0. The summed E-state index contributed by atoms with van der Waals surface area (Å²) in [4.78, 5) is 9.05. The lowest BCUT2D eigenvalue weighted by Crippen LogP contribution is -2.28. The van der Waals surface area contributed by atoms with Gasteiger partial charge in [-0.2, -0.15) is 0 Å². The lowest BCUT2D eigenvalue weighted by molar-refractivity contribution is -0.162. The van der Waals surface area contributed by atoms with Crippen LogP contribution in [-0.4, -0.2) is 60.4 Å². The summed E-state index contributed by atoms with van der Waals surface area (Å²) in [6.45, 7) is 6.00. The van der Waals surface area contributed by atoms with E-state index in [-0.39, 0.29) is 30.8 Å². The molecule has 1 N–H and O–H groups in total. The second-order valence-corrected chi connectivity index (χ2v) is 9.29. The van der Waals surface area contributed by atoms with E-state index in [2.05, 4.69) is 27.2 Å². The molecule has 10 heteroatoms. The topological polar surface area (TPSA) is 95.2 Å². The predicted octanol–water partition coefficient (Wildman–Crippen LogP) is 3.23. The van der Waals surface area contributed by atoms with Crippen LogP contribution in [0.3, 0.4) is 0 Å². The number of aliphatic hydroxyl groups excluding tert-OH is 1. The highest BCUT2D eigenvalue weighted by molar-refractivity contribution is 7.99. The highest BCUT2D eigenvalue weighted by Gasteiger charge is 2.55. The second kappa shape index (κ2) is 8.02. The van der Waals surface area contributed by atoms with Crippen molar-refractivity contribution in [3.05, 3.63) is 5.15 Å². The SMILES string of the molecule is CCCCCSc1nc(Cl)c2nnn(C3CC(CO)C4OC(C)(C)OC43)c2n1. The maximum atomic E-state index is 9.81. The number of nitrogens with zero attached hydrogens (tertiary/aromatic N) is 5. The van der Waals surface area contributed by atoms with Crippen molar-refractivity contribution in [2.75, 3.05) is 12.4 Å². The van der Waals surface area contributed by atoms with Gasteiger partial charge in [-0.25, -0.2) is 14.6 Å². The van der Waals surface area contributed by atoms with E-state index in [1.807, 2.05) is 13.8 Å². The molecule has 4 rings (SSSR count). The quantitative estimate of drug-likeness (QED) is 0.311. The summed E-state index contributed by atoms with van der Waals surface area (Å²) in [6, 6.07) is -0.127. The van der Waals surface area contributed by atoms with Gasteiger partial charge in [0.1, 0.15) is 6.10 Å². The number of thioether (sulfide) groups is 1. The van der Waals surface area contributed by atoms with Crippen LogP contribution in [0.15, 0.2) is 5.16 Å². The number of rotatable bonds is 7. The molecular weight excluding hydrogens is 402 g/mol. The first-order valence-corrected chi connectivity index (χ1v) is 11.2. The van der Waals surface area contributed by atoms with Crippen LogP contribution in [-0.2, 0) is 9.47 Å². The molecular formula is C18H26ClN5O3S. The molecule has 28 heavy (non-hydrogen) atoms. The number of aromatic nitrogens is 5. The Morgan fingerprint density at radius 2 is 2.04 bits per heavy atom. The fourth-order valence-electron chi connectivity index (χ4n) is 4.06. The van der Waals surface area contributed by atoms with Gasteiger partial charge in [-0.05, 0) is 26.7 Å². The fourth-order valence-corrected chi connectivity index (χ4v) is 5.15. The van der Waals surface area contributed by atoms with E-state index in [1.165, 1.54) is 12.8 Å². The first-order chi connectivity index (χ1) is 13.4. The molecule has 154 valence electrons. The van der Waals surface area contributed by atoms with Gasteiger partial charge in [0.25, 0.3) is 0 Å². The van der Waals surface area contributed by atoms with E-state index in [0.29, 0.717) is 27.9 Å². The van der Waals surface area contributed by atoms with Crippen LogP contribution in [0.1, 0.15) is 52.5 Å². The van der Waals surface area contributed by atoms with Gasteiger partial charge in [-0.15, -0.1) is 5.10 Å². The van der Waals surface area contributed by atoms with E-state index in [4.69, 9.17) is 21.1 Å². The molecule has 4 unspecified atom stereocenters. The molecule has 0 amide bonds. The van der Waals surface area contributed by atoms with Crippen molar-refractivity contribution in [3.63, 3.8) is 0 Å². The predicted molar refractivity (Wildman–Crippen MR) is 106 cm³/mol. The molecule has 1 aliphatic carbocycles. The van der Waals surface area contributed by atoms with Gasteiger partial charge >= 0.3 is 0 Å². The maximum absolute atomic E-state index is 9.81. The van der Waals surface area contributed by atoms with Crippen molar-refractivity contribution in [2.24, 2.45) is 5.92 Å². The van der Waals surface area contributed by atoms with Crippen molar-refractivity contribution in [1.29, 1.82) is 0 Å². The van der Waals surface area contributed by atoms with E-state index in [9.17, 15) is 5.11 Å². The molecule has 0 radical (unpaired) electrons. The highest BCUT2D eigenvalue weighted by atomic mass is 35.5. The minimum atomic E-state index is -0.690. The fraction of sp³-hybridized carbons (Fsp3) is 0.778. The zero-order chi connectivity index (χ0) is 19.9. The Bertz CT molecular complexity index is 848. The Balaban J connectivity index is 1.64. The van der Waals surface area contributed by atoms with Gasteiger partial charge in [0, 0.05) is 18.3 Å². The number of aliphatic hydroxyl groups is 1.